The molecule has 0 saturated carbocycles. The fourth-order valence-corrected chi connectivity index (χ4v) is 3.41. The van der Waals surface area contributed by atoms with E-state index in [9.17, 15) is 8.78 Å². The van der Waals surface area contributed by atoms with Gasteiger partial charge in [0.05, 0.1) is 5.69 Å². The number of aromatic nitrogens is 2. The molecule has 0 radical (unpaired) electrons. The summed E-state index contributed by atoms with van der Waals surface area (Å²) < 4.78 is 28.8. The summed E-state index contributed by atoms with van der Waals surface area (Å²) in [4.78, 5) is 8.94. The molecule has 0 aliphatic heterocycles. The molecule has 2 heterocycles. The zero-order valence-corrected chi connectivity index (χ0v) is 15.0. The molecule has 3 rings (SSSR count). The first kappa shape index (κ1) is 17.5. The highest BCUT2D eigenvalue weighted by Crippen LogP contribution is 2.35. The molecular formula is C19H18F2N2OS. The Hall–Kier alpha value is -2.34. The number of benzene rings is 1. The topological polar surface area (TPSA) is 35.0 Å². The summed E-state index contributed by atoms with van der Waals surface area (Å²) in [5.41, 5.74) is 3.84. The van der Waals surface area contributed by atoms with E-state index in [0.29, 0.717) is 0 Å². The van der Waals surface area contributed by atoms with Crippen LogP contribution in [0.25, 0.3) is 21.8 Å². The van der Waals surface area contributed by atoms with Crippen LogP contribution in [-0.4, -0.2) is 16.6 Å². The molecule has 0 N–H and O–H groups in total. The van der Waals surface area contributed by atoms with E-state index in [1.807, 2.05) is 17.6 Å². The van der Waals surface area contributed by atoms with Gasteiger partial charge in [0, 0.05) is 28.9 Å². The summed E-state index contributed by atoms with van der Waals surface area (Å²) in [6, 6.07) is 8.51. The Morgan fingerprint density at radius 2 is 1.80 bits per heavy atom. The third-order valence-corrected chi connectivity index (χ3v) is 4.61. The maximum atomic E-state index is 12.2. The van der Waals surface area contributed by atoms with Crippen molar-refractivity contribution in [3.63, 3.8) is 0 Å². The van der Waals surface area contributed by atoms with E-state index in [4.69, 9.17) is 4.98 Å². The summed E-state index contributed by atoms with van der Waals surface area (Å²) in [5, 5.41) is 2.85. The minimum atomic E-state index is -2.82. The summed E-state index contributed by atoms with van der Waals surface area (Å²) >= 11 is 1.54. The molecule has 0 spiro atoms. The number of thiazole rings is 1. The van der Waals surface area contributed by atoms with Crippen LogP contribution in [0.4, 0.5) is 8.78 Å². The Balaban J connectivity index is 1.91. The summed E-state index contributed by atoms with van der Waals surface area (Å²) in [6.07, 6.45) is 3.63. The predicted octanol–water partition coefficient (Wildman–Crippen LogP) is 5.77. The molecule has 3 nitrogen and oxygen atoms in total. The van der Waals surface area contributed by atoms with Gasteiger partial charge in [-0.15, -0.1) is 11.3 Å². The third-order valence-electron chi connectivity index (χ3n) is 3.74. The van der Waals surface area contributed by atoms with Crippen LogP contribution in [0.1, 0.15) is 26.3 Å². The van der Waals surface area contributed by atoms with Gasteiger partial charge in [-0.3, -0.25) is 4.98 Å². The van der Waals surface area contributed by atoms with Gasteiger partial charge < -0.3 is 4.74 Å². The first-order chi connectivity index (χ1) is 11.8. The number of hydrogen-bond acceptors (Lipinski definition) is 4. The number of hydrogen-bond donors (Lipinski definition) is 0. The van der Waals surface area contributed by atoms with Crippen LogP contribution in [0.3, 0.4) is 0 Å². The lowest BCUT2D eigenvalue weighted by molar-refractivity contribution is -0.0498. The fraction of sp³-hybridized carbons (Fsp3) is 0.263. The van der Waals surface area contributed by atoms with Gasteiger partial charge in [0.2, 0.25) is 0 Å². The van der Waals surface area contributed by atoms with Crippen LogP contribution in [0.15, 0.2) is 48.1 Å². The van der Waals surface area contributed by atoms with Crippen molar-refractivity contribution in [2.75, 3.05) is 0 Å². The molecule has 0 bridgehead atoms. The van der Waals surface area contributed by atoms with Crippen molar-refractivity contribution in [1.29, 1.82) is 0 Å². The second-order valence-corrected chi connectivity index (χ2v) is 7.47. The summed E-state index contributed by atoms with van der Waals surface area (Å²) in [7, 11) is 0. The molecular weight excluding hydrogens is 342 g/mol. The minimum absolute atomic E-state index is 0.0155. The molecule has 0 aliphatic rings. The average molecular weight is 360 g/mol. The van der Waals surface area contributed by atoms with Crippen LogP contribution >= 0.6 is 11.3 Å². The van der Waals surface area contributed by atoms with Gasteiger partial charge in [-0.05, 0) is 41.3 Å². The number of alkyl halides is 2. The van der Waals surface area contributed by atoms with Crippen molar-refractivity contribution in [3.8, 4) is 27.6 Å². The molecule has 0 fully saturated rings. The van der Waals surface area contributed by atoms with Crippen molar-refractivity contribution in [2.45, 2.75) is 32.8 Å². The highest BCUT2D eigenvalue weighted by molar-refractivity contribution is 7.13. The number of halogens is 2. The lowest BCUT2D eigenvalue weighted by Crippen LogP contribution is -2.12. The standard InChI is InChI=1S/C19H18F2N2OS/c1-19(2,3)15-8-9-22-10-14(15)17-23-16(11-25-17)12-4-6-13(7-5-12)24-18(20)21/h4-11,18H,1-3H3. The molecule has 0 saturated heterocycles. The minimum Gasteiger partial charge on any atom is -0.435 e. The molecule has 3 aromatic rings. The van der Waals surface area contributed by atoms with Crippen LogP contribution in [0.5, 0.6) is 5.75 Å². The van der Waals surface area contributed by atoms with Gasteiger partial charge in [0.25, 0.3) is 0 Å². The average Bonchev–Trinajstić information content (AvgIpc) is 3.04. The summed E-state index contributed by atoms with van der Waals surface area (Å²) in [5.74, 6) is 0.136. The van der Waals surface area contributed by atoms with Crippen LogP contribution in [0, 0.1) is 0 Å². The smallest absolute Gasteiger partial charge is 0.387 e. The van der Waals surface area contributed by atoms with Gasteiger partial charge in [-0.25, -0.2) is 4.98 Å². The second-order valence-electron chi connectivity index (χ2n) is 6.61. The van der Waals surface area contributed by atoms with E-state index in [-0.39, 0.29) is 11.2 Å². The monoisotopic (exact) mass is 360 g/mol. The van der Waals surface area contributed by atoms with Crippen molar-refractivity contribution in [1.82, 2.24) is 9.97 Å². The number of ether oxygens (including phenoxy) is 1. The molecule has 0 unspecified atom stereocenters. The van der Waals surface area contributed by atoms with Gasteiger partial charge >= 0.3 is 6.61 Å². The van der Waals surface area contributed by atoms with E-state index in [0.717, 1.165) is 21.8 Å². The molecule has 0 amide bonds. The third kappa shape index (κ3) is 4.02. The zero-order chi connectivity index (χ0) is 18.0. The van der Waals surface area contributed by atoms with E-state index in [2.05, 4.69) is 30.5 Å². The van der Waals surface area contributed by atoms with Crippen molar-refractivity contribution < 1.29 is 13.5 Å². The normalized spacial score (nSPS) is 11.8. The van der Waals surface area contributed by atoms with Gasteiger partial charge in [-0.2, -0.15) is 8.78 Å². The molecule has 2 aromatic heterocycles. The Morgan fingerprint density at radius 3 is 2.44 bits per heavy atom. The van der Waals surface area contributed by atoms with Gasteiger partial charge in [0.1, 0.15) is 10.8 Å². The SMILES string of the molecule is CC(C)(C)c1ccncc1-c1nc(-c2ccc(OC(F)F)cc2)cs1. The highest BCUT2D eigenvalue weighted by Gasteiger charge is 2.20. The first-order valence-corrected chi connectivity index (χ1v) is 8.68. The maximum Gasteiger partial charge on any atom is 0.387 e. The number of nitrogens with zero attached hydrogens (tertiary/aromatic N) is 2. The van der Waals surface area contributed by atoms with E-state index >= 15 is 0 Å². The molecule has 0 atom stereocenters. The van der Waals surface area contributed by atoms with Gasteiger partial charge in [-0.1, -0.05) is 20.8 Å². The molecule has 130 valence electrons. The Bertz CT molecular complexity index is 854. The van der Waals surface area contributed by atoms with Crippen molar-refractivity contribution in [3.05, 3.63) is 53.7 Å². The molecule has 25 heavy (non-hydrogen) atoms. The molecule has 1 aromatic carbocycles. The lowest BCUT2D eigenvalue weighted by atomic mass is 9.85. The Morgan fingerprint density at radius 1 is 1.08 bits per heavy atom. The quantitative estimate of drug-likeness (QED) is 0.592. The van der Waals surface area contributed by atoms with Crippen molar-refractivity contribution in [2.24, 2.45) is 0 Å². The fourth-order valence-electron chi connectivity index (χ4n) is 2.56. The zero-order valence-electron chi connectivity index (χ0n) is 14.2. The first-order valence-electron chi connectivity index (χ1n) is 7.80. The number of pyridine rings is 1. The maximum absolute atomic E-state index is 12.2. The molecule has 0 aliphatic carbocycles. The van der Waals surface area contributed by atoms with Crippen LogP contribution in [0.2, 0.25) is 0 Å². The molecule has 6 heteroatoms. The lowest BCUT2D eigenvalue weighted by Gasteiger charge is -2.21. The van der Waals surface area contributed by atoms with Crippen molar-refractivity contribution >= 4 is 11.3 Å². The van der Waals surface area contributed by atoms with Gasteiger partial charge in [0.15, 0.2) is 0 Å². The largest absolute Gasteiger partial charge is 0.435 e. The second kappa shape index (κ2) is 6.88. The van der Waals surface area contributed by atoms with E-state index in [1.54, 1.807) is 29.7 Å². The number of rotatable bonds is 4. The van der Waals surface area contributed by atoms with Crippen LogP contribution < -0.4 is 4.74 Å². The Labute approximate surface area is 149 Å². The van der Waals surface area contributed by atoms with Crippen LogP contribution in [-0.2, 0) is 5.41 Å². The predicted molar refractivity (Wildman–Crippen MR) is 96.1 cm³/mol. The highest BCUT2D eigenvalue weighted by atomic mass is 32.1. The van der Waals surface area contributed by atoms with E-state index < -0.39 is 6.61 Å². The Kier molecular flexibility index (Phi) is 4.81. The summed E-state index contributed by atoms with van der Waals surface area (Å²) in [6.45, 7) is 3.64. The van der Waals surface area contributed by atoms with E-state index in [1.165, 1.54) is 17.7 Å².